The van der Waals surface area contributed by atoms with E-state index in [-0.39, 0.29) is 0 Å². The molecule has 0 amide bonds. The largest absolute Gasteiger partial charge is 0.394 e. The summed E-state index contributed by atoms with van der Waals surface area (Å²) in [6.07, 6.45) is -6.88. The lowest BCUT2D eigenvalue weighted by Crippen LogP contribution is -2.57. The van der Waals surface area contributed by atoms with Gasteiger partial charge in [0, 0.05) is 6.20 Å². The normalized spacial score (nSPS) is 43.5. The molecular formula is C9H15F2N3O5. The fraction of sp³-hybridized carbons (Fsp3) is 0.778. The van der Waals surface area contributed by atoms with Crippen LogP contribution in [0.1, 0.15) is 0 Å². The number of ether oxygens (including phenoxy) is 1. The second kappa shape index (κ2) is 5.63. The second-order valence-electron chi connectivity index (χ2n) is 4.25. The van der Waals surface area contributed by atoms with Crippen molar-refractivity contribution in [2.75, 3.05) is 6.61 Å². The van der Waals surface area contributed by atoms with Crippen LogP contribution in [0.15, 0.2) is 12.0 Å². The van der Waals surface area contributed by atoms with E-state index in [9.17, 15) is 13.9 Å². The first-order valence-electron chi connectivity index (χ1n) is 5.56. The molecule has 0 bridgehead atoms. The van der Waals surface area contributed by atoms with Crippen LogP contribution in [0.2, 0.25) is 0 Å². The van der Waals surface area contributed by atoms with Crippen LogP contribution in [-0.2, 0) is 4.74 Å². The number of hydroxylamine groups is 1. The first-order valence-corrected chi connectivity index (χ1v) is 5.56. The molecule has 1 saturated heterocycles. The molecule has 6 N–H and O–H groups in total. The number of aliphatic hydroxyl groups is 3. The SMILES string of the molecule is OC[C@H]1OC(N2C=C(F)C(O)NC2O)C(F)C1NO. The predicted molar refractivity (Wildman–Crippen MR) is 55.5 cm³/mol. The summed E-state index contributed by atoms with van der Waals surface area (Å²) in [7, 11) is 0. The van der Waals surface area contributed by atoms with Gasteiger partial charge in [0.1, 0.15) is 6.10 Å². The van der Waals surface area contributed by atoms with Crippen LogP contribution in [0.3, 0.4) is 0 Å². The van der Waals surface area contributed by atoms with Crippen molar-refractivity contribution in [1.29, 1.82) is 0 Å². The highest BCUT2D eigenvalue weighted by atomic mass is 19.1. The van der Waals surface area contributed by atoms with Gasteiger partial charge in [-0.3, -0.25) is 0 Å². The van der Waals surface area contributed by atoms with E-state index in [1.807, 2.05) is 5.32 Å². The predicted octanol–water partition coefficient (Wildman–Crippen LogP) is -2.30. The van der Waals surface area contributed by atoms with Gasteiger partial charge in [-0.25, -0.2) is 14.1 Å². The standard InChI is InChI=1S/C9H15F2N3O5/c10-3-1-14(9(17)12-7(3)16)8-5(11)6(13-18)4(2-15)19-8/h1,4-9,12-13,15-18H,2H2/t4-,5?,6?,7?,8?,9?/m1/s1. The zero-order chi connectivity index (χ0) is 14.2. The molecule has 0 aromatic carbocycles. The van der Waals surface area contributed by atoms with Gasteiger partial charge in [-0.15, -0.1) is 0 Å². The molecular weight excluding hydrogens is 268 g/mol. The molecule has 0 radical (unpaired) electrons. The van der Waals surface area contributed by atoms with Crippen molar-refractivity contribution >= 4 is 0 Å². The summed E-state index contributed by atoms with van der Waals surface area (Å²) in [6, 6.07) is -1.22. The number of alkyl halides is 1. The van der Waals surface area contributed by atoms with E-state index in [0.717, 1.165) is 4.90 Å². The average Bonchev–Trinajstić information content (AvgIpc) is 2.70. The highest BCUT2D eigenvalue weighted by Gasteiger charge is 2.49. The number of halogens is 2. The fourth-order valence-electron chi connectivity index (χ4n) is 2.07. The molecule has 2 rings (SSSR count). The summed E-state index contributed by atoms with van der Waals surface area (Å²) in [5.41, 5.74) is 1.67. The Labute approximate surface area is 106 Å². The molecule has 2 heterocycles. The summed E-state index contributed by atoms with van der Waals surface area (Å²) >= 11 is 0. The van der Waals surface area contributed by atoms with Crippen molar-refractivity contribution in [2.45, 2.75) is 37.1 Å². The van der Waals surface area contributed by atoms with Crippen LogP contribution >= 0.6 is 0 Å². The van der Waals surface area contributed by atoms with Crippen molar-refractivity contribution < 1.29 is 34.0 Å². The van der Waals surface area contributed by atoms with Gasteiger partial charge in [0.25, 0.3) is 0 Å². The first-order chi connectivity index (χ1) is 8.99. The quantitative estimate of drug-likeness (QED) is 0.320. The molecule has 6 atom stereocenters. The molecule has 10 heteroatoms. The molecule has 2 aliphatic heterocycles. The summed E-state index contributed by atoms with van der Waals surface area (Å²) in [4.78, 5) is 0.771. The molecule has 110 valence electrons. The van der Waals surface area contributed by atoms with Gasteiger partial charge in [0.15, 0.2) is 30.8 Å². The van der Waals surface area contributed by atoms with Gasteiger partial charge in [-0.2, -0.15) is 5.48 Å². The van der Waals surface area contributed by atoms with Crippen LogP contribution in [0.4, 0.5) is 8.78 Å². The highest BCUT2D eigenvalue weighted by molar-refractivity contribution is 5.05. The molecule has 8 nitrogen and oxygen atoms in total. The first kappa shape index (κ1) is 14.5. The number of hydrogen-bond donors (Lipinski definition) is 6. The smallest absolute Gasteiger partial charge is 0.188 e. The Bertz CT molecular complexity index is 361. The summed E-state index contributed by atoms with van der Waals surface area (Å²) < 4.78 is 32.4. The topological polar surface area (TPSA) is 117 Å². The Morgan fingerprint density at radius 1 is 1.47 bits per heavy atom. The Hall–Kier alpha value is -0.880. The second-order valence-corrected chi connectivity index (χ2v) is 4.25. The van der Waals surface area contributed by atoms with Gasteiger partial charge in [0.05, 0.1) is 12.6 Å². The Morgan fingerprint density at radius 3 is 2.68 bits per heavy atom. The maximum Gasteiger partial charge on any atom is 0.188 e. The highest BCUT2D eigenvalue weighted by Crippen LogP contribution is 2.29. The number of hydrogen-bond acceptors (Lipinski definition) is 8. The molecule has 1 fully saturated rings. The Kier molecular flexibility index (Phi) is 4.30. The molecule has 0 aromatic rings. The van der Waals surface area contributed by atoms with Gasteiger partial charge in [0.2, 0.25) is 0 Å². The number of aliphatic hydroxyl groups excluding tert-OH is 3. The minimum absolute atomic E-state index is 0.568. The molecule has 0 saturated carbocycles. The van der Waals surface area contributed by atoms with Crippen LogP contribution in [-0.4, -0.2) is 69.2 Å². The van der Waals surface area contributed by atoms with E-state index in [1.165, 1.54) is 0 Å². The average molecular weight is 283 g/mol. The molecule has 2 aliphatic rings. The molecule has 5 unspecified atom stereocenters. The number of nitrogens with zero attached hydrogens (tertiary/aromatic N) is 1. The van der Waals surface area contributed by atoms with Crippen molar-refractivity contribution in [3.63, 3.8) is 0 Å². The summed E-state index contributed by atoms with van der Waals surface area (Å²) in [6.45, 7) is -0.568. The zero-order valence-corrected chi connectivity index (χ0v) is 9.65. The molecule has 0 aromatic heterocycles. The van der Waals surface area contributed by atoms with E-state index in [0.29, 0.717) is 6.20 Å². The van der Waals surface area contributed by atoms with Gasteiger partial charge >= 0.3 is 0 Å². The lowest BCUT2D eigenvalue weighted by atomic mass is 10.1. The maximum atomic E-state index is 14.0. The molecule has 0 aliphatic carbocycles. The van der Waals surface area contributed by atoms with E-state index in [4.69, 9.17) is 20.2 Å². The van der Waals surface area contributed by atoms with Crippen LogP contribution in [0.5, 0.6) is 0 Å². The van der Waals surface area contributed by atoms with Crippen molar-refractivity contribution in [1.82, 2.24) is 15.7 Å². The Morgan fingerprint density at radius 2 is 2.16 bits per heavy atom. The summed E-state index contributed by atoms with van der Waals surface area (Å²) in [5, 5.41) is 38.6. The van der Waals surface area contributed by atoms with Gasteiger partial charge < -0.3 is 30.2 Å². The molecule has 0 spiro atoms. The third-order valence-corrected chi connectivity index (χ3v) is 3.08. The van der Waals surface area contributed by atoms with Gasteiger partial charge in [-0.1, -0.05) is 0 Å². The number of nitrogens with one attached hydrogen (secondary N) is 2. The van der Waals surface area contributed by atoms with Crippen molar-refractivity contribution in [3.05, 3.63) is 12.0 Å². The van der Waals surface area contributed by atoms with E-state index < -0.39 is 49.6 Å². The van der Waals surface area contributed by atoms with Crippen LogP contribution < -0.4 is 10.8 Å². The summed E-state index contributed by atoms with van der Waals surface area (Å²) in [5.74, 6) is -1.03. The van der Waals surface area contributed by atoms with Gasteiger partial charge in [-0.05, 0) is 0 Å². The lowest BCUT2D eigenvalue weighted by molar-refractivity contribution is -0.150. The molecule has 19 heavy (non-hydrogen) atoms. The Balaban J connectivity index is 2.18. The minimum atomic E-state index is -1.84. The zero-order valence-electron chi connectivity index (χ0n) is 9.65. The third kappa shape index (κ3) is 2.56. The lowest BCUT2D eigenvalue weighted by Gasteiger charge is -2.37. The minimum Gasteiger partial charge on any atom is -0.394 e. The van der Waals surface area contributed by atoms with Crippen molar-refractivity contribution in [2.24, 2.45) is 0 Å². The van der Waals surface area contributed by atoms with Crippen LogP contribution in [0, 0.1) is 0 Å². The van der Waals surface area contributed by atoms with E-state index in [1.54, 1.807) is 5.48 Å². The van der Waals surface area contributed by atoms with Crippen molar-refractivity contribution in [3.8, 4) is 0 Å². The monoisotopic (exact) mass is 283 g/mol. The van der Waals surface area contributed by atoms with E-state index in [2.05, 4.69) is 0 Å². The maximum absolute atomic E-state index is 14.0. The number of rotatable bonds is 3. The third-order valence-electron chi connectivity index (χ3n) is 3.08. The van der Waals surface area contributed by atoms with E-state index >= 15 is 0 Å². The fourth-order valence-corrected chi connectivity index (χ4v) is 2.07. The van der Waals surface area contributed by atoms with Crippen LogP contribution in [0.25, 0.3) is 0 Å².